The van der Waals surface area contributed by atoms with Gasteiger partial charge >= 0.3 is 0 Å². The van der Waals surface area contributed by atoms with Gasteiger partial charge in [0.2, 0.25) is 0 Å². The third-order valence-corrected chi connectivity index (χ3v) is 2.03. The van der Waals surface area contributed by atoms with Gasteiger partial charge in [-0.15, -0.1) is 0 Å². The molecule has 0 bridgehead atoms. The van der Waals surface area contributed by atoms with Gasteiger partial charge in [-0.2, -0.15) is 0 Å². The summed E-state index contributed by atoms with van der Waals surface area (Å²) in [5, 5.41) is 18.3. The van der Waals surface area contributed by atoms with Crippen molar-refractivity contribution in [2.75, 3.05) is 0 Å². The van der Waals surface area contributed by atoms with Crippen LogP contribution in [-0.2, 0) is 0 Å². The lowest BCUT2D eigenvalue weighted by molar-refractivity contribution is 0.435. The third-order valence-electron chi connectivity index (χ3n) is 2.03. The summed E-state index contributed by atoms with van der Waals surface area (Å²) in [6.45, 7) is 0. The van der Waals surface area contributed by atoms with E-state index >= 15 is 0 Å². The van der Waals surface area contributed by atoms with Crippen molar-refractivity contribution in [2.24, 2.45) is 0 Å². The summed E-state index contributed by atoms with van der Waals surface area (Å²) in [5.74, 6) is -2.66. The van der Waals surface area contributed by atoms with Gasteiger partial charge in [0.05, 0.1) is 5.39 Å². The summed E-state index contributed by atoms with van der Waals surface area (Å²) >= 11 is 0. The second kappa shape index (κ2) is 2.83. The molecule has 4 heteroatoms. The van der Waals surface area contributed by atoms with Crippen molar-refractivity contribution < 1.29 is 19.0 Å². The van der Waals surface area contributed by atoms with E-state index in [-0.39, 0.29) is 16.5 Å². The van der Waals surface area contributed by atoms with Crippen molar-refractivity contribution in [2.45, 2.75) is 0 Å². The molecule has 2 N–H and O–H groups in total. The topological polar surface area (TPSA) is 40.5 Å². The fraction of sp³-hybridized carbons (Fsp3) is 0. The Balaban J connectivity index is 3.01. The van der Waals surface area contributed by atoms with Gasteiger partial charge in [0.25, 0.3) is 0 Å². The average Bonchev–Trinajstić information content (AvgIpc) is 2.16. The molecule has 2 aromatic carbocycles. The van der Waals surface area contributed by atoms with E-state index in [2.05, 4.69) is 0 Å². The van der Waals surface area contributed by atoms with Crippen molar-refractivity contribution in [3.63, 3.8) is 0 Å². The zero-order valence-corrected chi connectivity index (χ0v) is 6.96. The Hall–Kier alpha value is -1.84. The highest BCUT2D eigenvalue weighted by Gasteiger charge is 2.12. The third kappa shape index (κ3) is 1.08. The number of fused-ring (bicyclic) bond motifs is 1. The number of rotatable bonds is 0. The van der Waals surface area contributed by atoms with E-state index in [0.717, 1.165) is 18.2 Å². The Bertz CT molecular complexity index is 509. The largest absolute Gasteiger partial charge is 0.507 e. The van der Waals surface area contributed by atoms with Crippen LogP contribution < -0.4 is 0 Å². The van der Waals surface area contributed by atoms with Gasteiger partial charge in [-0.1, -0.05) is 0 Å². The van der Waals surface area contributed by atoms with Crippen LogP contribution in [0.25, 0.3) is 10.8 Å². The van der Waals surface area contributed by atoms with Gasteiger partial charge in [-0.05, 0) is 24.3 Å². The normalized spacial score (nSPS) is 10.7. The summed E-state index contributed by atoms with van der Waals surface area (Å²) in [6, 6.07) is 4.30. The molecule has 0 amide bonds. The van der Waals surface area contributed by atoms with Gasteiger partial charge < -0.3 is 10.2 Å². The molecule has 0 fully saturated rings. The zero-order valence-electron chi connectivity index (χ0n) is 6.96. The number of hydrogen-bond acceptors (Lipinski definition) is 2. The fourth-order valence-electron chi connectivity index (χ4n) is 1.35. The van der Waals surface area contributed by atoms with Crippen LogP contribution in [0.2, 0.25) is 0 Å². The first kappa shape index (κ1) is 8.74. The zero-order chi connectivity index (χ0) is 10.3. The van der Waals surface area contributed by atoms with E-state index in [0.29, 0.717) is 0 Å². The SMILES string of the molecule is Oc1ccc(F)c2c(O)c(F)ccc12. The minimum Gasteiger partial charge on any atom is -0.507 e. The van der Waals surface area contributed by atoms with Gasteiger partial charge in [0, 0.05) is 5.39 Å². The van der Waals surface area contributed by atoms with Crippen LogP contribution in [0.15, 0.2) is 24.3 Å². The van der Waals surface area contributed by atoms with E-state index in [9.17, 15) is 19.0 Å². The van der Waals surface area contributed by atoms with Crippen LogP contribution >= 0.6 is 0 Å². The lowest BCUT2D eigenvalue weighted by Gasteiger charge is -2.04. The first-order valence-electron chi connectivity index (χ1n) is 3.90. The van der Waals surface area contributed by atoms with E-state index in [4.69, 9.17) is 0 Å². The smallest absolute Gasteiger partial charge is 0.165 e. The van der Waals surface area contributed by atoms with Crippen molar-refractivity contribution in [1.82, 2.24) is 0 Å². The Morgan fingerprint density at radius 2 is 1.50 bits per heavy atom. The molecule has 14 heavy (non-hydrogen) atoms. The van der Waals surface area contributed by atoms with Crippen LogP contribution in [-0.4, -0.2) is 10.2 Å². The average molecular weight is 196 g/mol. The highest BCUT2D eigenvalue weighted by molar-refractivity contribution is 5.93. The van der Waals surface area contributed by atoms with Crippen LogP contribution in [0.5, 0.6) is 11.5 Å². The van der Waals surface area contributed by atoms with Crippen molar-refractivity contribution in [3.8, 4) is 11.5 Å². The maximum Gasteiger partial charge on any atom is 0.165 e. The Morgan fingerprint density at radius 1 is 0.857 bits per heavy atom. The maximum absolute atomic E-state index is 13.2. The van der Waals surface area contributed by atoms with Gasteiger partial charge in [0.15, 0.2) is 11.6 Å². The number of phenols is 2. The molecule has 72 valence electrons. The molecule has 2 aromatic rings. The molecular weight excluding hydrogens is 190 g/mol. The summed E-state index contributed by atoms with van der Waals surface area (Å²) in [4.78, 5) is 0. The van der Waals surface area contributed by atoms with Gasteiger partial charge in [-0.25, -0.2) is 8.78 Å². The minimum absolute atomic E-state index is 0.0869. The van der Waals surface area contributed by atoms with E-state index < -0.39 is 17.4 Å². The molecule has 0 aliphatic heterocycles. The Labute approximate surface area is 78.0 Å². The predicted molar refractivity (Wildman–Crippen MR) is 47.2 cm³/mol. The monoisotopic (exact) mass is 196 g/mol. The number of phenolic OH excluding ortho intramolecular Hbond substituents is 2. The number of benzene rings is 2. The summed E-state index contributed by atoms with van der Waals surface area (Å²) < 4.78 is 26.0. The molecular formula is C10H6F2O2. The Morgan fingerprint density at radius 3 is 2.21 bits per heavy atom. The van der Waals surface area contributed by atoms with Crippen LogP contribution in [0.1, 0.15) is 0 Å². The van der Waals surface area contributed by atoms with Crippen LogP contribution in [0, 0.1) is 11.6 Å². The molecule has 0 aromatic heterocycles. The number of aromatic hydroxyl groups is 2. The van der Waals surface area contributed by atoms with E-state index in [1.165, 1.54) is 6.07 Å². The van der Waals surface area contributed by atoms with Gasteiger partial charge in [0.1, 0.15) is 11.6 Å². The number of halogens is 2. The van der Waals surface area contributed by atoms with Crippen molar-refractivity contribution in [1.29, 1.82) is 0 Å². The molecule has 0 aliphatic carbocycles. The molecule has 0 saturated carbocycles. The van der Waals surface area contributed by atoms with Crippen LogP contribution in [0.4, 0.5) is 8.78 Å². The Kier molecular flexibility index (Phi) is 1.77. The van der Waals surface area contributed by atoms with Gasteiger partial charge in [-0.3, -0.25) is 0 Å². The molecule has 0 radical (unpaired) electrons. The number of hydrogen-bond donors (Lipinski definition) is 2. The molecule has 2 rings (SSSR count). The van der Waals surface area contributed by atoms with Crippen molar-refractivity contribution in [3.05, 3.63) is 35.9 Å². The molecule has 0 aliphatic rings. The summed E-state index contributed by atoms with van der Waals surface area (Å²) in [6.07, 6.45) is 0. The lowest BCUT2D eigenvalue weighted by atomic mass is 10.1. The summed E-state index contributed by atoms with van der Waals surface area (Å²) in [5.41, 5.74) is 0. The quantitative estimate of drug-likeness (QED) is 0.679. The highest BCUT2D eigenvalue weighted by atomic mass is 19.1. The first-order chi connectivity index (χ1) is 6.61. The second-order valence-corrected chi connectivity index (χ2v) is 2.89. The first-order valence-corrected chi connectivity index (χ1v) is 3.90. The van der Waals surface area contributed by atoms with Crippen LogP contribution in [0.3, 0.4) is 0 Å². The molecule has 0 saturated heterocycles. The second-order valence-electron chi connectivity index (χ2n) is 2.89. The predicted octanol–water partition coefficient (Wildman–Crippen LogP) is 2.53. The molecule has 0 unspecified atom stereocenters. The standard InChI is InChI=1S/C10H6F2O2/c11-6-3-4-8(13)5-1-2-7(12)10(14)9(5)6/h1-4,13-14H. The molecule has 2 nitrogen and oxygen atoms in total. The highest BCUT2D eigenvalue weighted by Crippen LogP contribution is 2.34. The fourth-order valence-corrected chi connectivity index (χ4v) is 1.35. The lowest BCUT2D eigenvalue weighted by Crippen LogP contribution is -1.84. The summed E-state index contributed by atoms with van der Waals surface area (Å²) in [7, 11) is 0. The minimum atomic E-state index is -0.915. The molecule has 0 spiro atoms. The molecule has 0 heterocycles. The maximum atomic E-state index is 13.2. The van der Waals surface area contributed by atoms with E-state index in [1.807, 2.05) is 0 Å². The van der Waals surface area contributed by atoms with E-state index in [1.54, 1.807) is 0 Å². The van der Waals surface area contributed by atoms with Crippen molar-refractivity contribution >= 4 is 10.8 Å². The molecule has 0 atom stereocenters.